The number of nitrogens with one attached hydrogen (secondary N) is 2. The molecular weight excluding hydrogens is 322 g/mol. The summed E-state index contributed by atoms with van der Waals surface area (Å²) in [6, 6.07) is 8.22. The Labute approximate surface area is 147 Å². The Morgan fingerprint density at radius 2 is 2.17 bits per heavy atom. The molecule has 5 nitrogen and oxygen atoms in total. The third-order valence-corrected chi connectivity index (χ3v) is 5.35. The van der Waals surface area contributed by atoms with E-state index in [2.05, 4.69) is 33.0 Å². The van der Waals surface area contributed by atoms with E-state index in [1.807, 2.05) is 19.1 Å². The second kappa shape index (κ2) is 8.35. The molecule has 1 saturated heterocycles. The molecule has 24 heavy (non-hydrogen) atoms. The molecule has 0 spiro atoms. The number of likely N-dealkylation sites (tertiary alicyclic amines) is 1. The molecule has 2 aromatic rings. The van der Waals surface area contributed by atoms with Crippen molar-refractivity contribution < 1.29 is 9.21 Å². The molecule has 0 aromatic carbocycles. The van der Waals surface area contributed by atoms with Gasteiger partial charge in [-0.15, -0.1) is 11.3 Å². The number of carbonyl (C=O) groups excluding carboxylic acids is 1. The average molecular weight is 347 g/mol. The van der Waals surface area contributed by atoms with Gasteiger partial charge in [-0.1, -0.05) is 6.07 Å². The van der Waals surface area contributed by atoms with Crippen LogP contribution in [-0.4, -0.2) is 36.6 Å². The maximum atomic E-state index is 12.2. The van der Waals surface area contributed by atoms with Gasteiger partial charge in [-0.3, -0.25) is 4.90 Å². The molecular formula is C18H25N3O2S. The zero-order valence-corrected chi connectivity index (χ0v) is 14.8. The number of nitrogens with zero attached hydrogens (tertiary/aromatic N) is 1. The van der Waals surface area contributed by atoms with Crippen molar-refractivity contribution in [1.82, 2.24) is 15.5 Å². The Morgan fingerprint density at radius 1 is 1.33 bits per heavy atom. The van der Waals surface area contributed by atoms with Crippen molar-refractivity contribution in [1.29, 1.82) is 0 Å². The highest BCUT2D eigenvalue weighted by atomic mass is 32.1. The predicted molar refractivity (Wildman–Crippen MR) is 96.3 cm³/mol. The normalized spacial score (nSPS) is 17.5. The minimum absolute atomic E-state index is 0.0307. The molecule has 0 aliphatic carbocycles. The highest BCUT2D eigenvalue weighted by molar-refractivity contribution is 7.10. The van der Waals surface area contributed by atoms with Crippen LogP contribution in [0.4, 0.5) is 4.79 Å². The first-order valence-electron chi connectivity index (χ1n) is 8.56. The van der Waals surface area contributed by atoms with Crippen LogP contribution in [0.15, 0.2) is 40.3 Å². The molecule has 0 saturated carbocycles. The minimum Gasteiger partial charge on any atom is -0.469 e. The van der Waals surface area contributed by atoms with Gasteiger partial charge in [0, 0.05) is 23.9 Å². The first-order valence-corrected chi connectivity index (χ1v) is 9.44. The lowest BCUT2D eigenvalue weighted by atomic mass is 10.2. The summed E-state index contributed by atoms with van der Waals surface area (Å²) >= 11 is 1.76. The van der Waals surface area contributed by atoms with Crippen LogP contribution >= 0.6 is 11.3 Å². The van der Waals surface area contributed by atoms with Gasteiger partial charge < -0.3 is 15.1 Å². The highest BCUT2D eigenvalue weighted by Gasteiger charge is 2.24. The molecule has 2 N–H and O–H groups in total. The number of rotatable bonds is 7. The molecule has 0 bridgehead atoms. The van der Waals surface area contributed by atoms with E-state index in [-0.39, 0.29) is 18.1 Å². The first kappa shape index (κ1) is 17.0. The fourth-order valence-corrected chi connectivity index (χ4v) is 4.05. The molecule has 0 radical (unpaired) electrons. The Hall–Kier alpha value is -1.79. The first-order chi connectivity index (χ1) is 11.7. The molecule has 6 heteroatoms. The zero-order valence-electron chi connectivity index (χ0n) is 14.0. The van der Waals surface area contributed by atoms with Crippen molar-refractivity contribution in [2.24, 2.45) is 0 Å². The van der Waals surface area contributed by atoms with Crippen LogP contribution in [0.1, 0.15) is 36.4 Å². The van der Waals surface area contributed by atoms with Crippen molar-refractivity contribution in [2.75, 3.05) is 19.6 Å². The third-order valence-electron chi connectivity index (χ3n) is 4.37. The van der Waals surface area contributed by atoms with Gasteiger partial charge in [0.1, 0.15) is 5.76 Å². The van der Waals surface area contributed by atoms with Crippen LogP contribution in [0, 0.1) is 0 Å². The SMILES string of the molecule is C[C@@H](Cc1ccco1)NC(=O)NC[C@@H](c1cccs1)N1CCCC1. The van der Waals surface area contributed by atoms with Crippen LogP contribution in [0.3, 0.4) is 0 Å². The van der Waals surface area contributed by atoms with E-state index in [0.29, 0.717) is 13.0 Å². The van der Waals surface area contributed by atoms with Gasteiger partial charge in [-0.05, 0) is 56.4 Å². The van der Waals surface area contributed by atoms with Crippen molar-refractivity contribution in [3.8, 4) is 0 Å². The number of urea groups is 1. The number of furan rings is 1. The summed E-state index contributed by atoms with van der Waals surface area (Å²) in [6.45, 7) is 4.85. The lowest BCUT2D eigenvalue weighted by Gasteiger charge is -2.27. The Kier molecular flexibility index (Phi) is 5.93. The second-order valence-corrected chi connectivity index (χ2v) is 7.29. The van der Waals surface area contributed by atoms with Crippen molar-refractivity contribution >= 4 is 17.4 Å². The summed E-state index contributed by atoms with van der Waals surface area (Å²) in [6.07, 6.45) is 4.84. The maximum Gasteiger partial charge on any atom is 0.315 e. The zero-order chi connectivity index (χ0) is 16.8. The standard InChI is InChI=1S/C18H25N3O2S/c1-14(12-15-6-4-10-23-15)20-18(22)19-13-16(17-7-5-11-24-17)21-8-2-3-9-21/h4-7,10-11,14,16H,2-3,8-9,12-13H2,1H3,(H2,19,20,22)/t14-,16-/m0/s1. The van der Waals surface area contributed by atoms with Crippen molar-refractivity contribution in [3.05, 3.63) is 46.5 Å². The van der Waals surface area contributed by atoms with E-state index in [1.54, 1.807) is 17.6 Å². The topological polar surface area (TPSA) is 57.5 Å². The van der Waals surface area contributed by atoms with Crippen LogP contribution in [0.2, 0.25) is 0 Å². The fourth-order valence-electron chi connectivity index (χ4n) is 3.19. The van der Waals surface area contributed by atoms with Gasteiger partial charge in [0.25, 0.3) is 0 Å². The lowest BCUT2D eigenvalue weighted by Crippen LogP contribution is -2.44. The quantitative estimate of drug-likeness (QED) is 0.807. The van der Waals surface area contributed by atoms with Crippen LogP contribution in [0.5, 0.6) is 0 Å². The van der Waals surface area contributed by atoms with Crippen LogP contribution in [-0.2, 0) is 6.42 Å². The lowest BCUT2D eigenvalue weighted by molar-refractivity contribution is 0.220. The van der Waals surface area contributed by atoms with Crippen molar-refractivity contribution in [3.63, 3.8) is 0 Å². The third kappa shape index (κ3) is 4.61. The molecule has 3 rings (SSSR count). The number of amides is 2. The highest BCUT2D eigenvalue weighted by Crippen LogP contribution is 2.27. The molecule has 130 valence electrons. The van der Waals surface area contributed by atoms with Gasteiger partial charge in [-0.2, -0.15) is 0 Å². The van der Waals surface area contributed by atoms with E-state index >= 15 is 0 Å². The van der Waals surface area contributed by atoms with Gasteiger partial charge in [0.2, 0.25) is 0 Å². The monoisotopic (exact) mass is 347 g/mol. The number of hydrogen-bond acceptors (Lipinski definition) is 4. The molecule has 2 amide bonds. The van der Waals surface area contributed by atoms with E-state index < -0.39 is 0 Å². The summed E-state index contributed by atoms with van der Waals surface area (Å²) in [7, 11) is 0. The smallest absolute Gasteiger partial charge is 0.315 e. The van der Waals surface area contributed by atoms with Gasteiger partial charge in [0.15, 0.2) is 0 Å². The van der Waals surface area contributed by atoms with Gasteiger partial charge in [0.05, 0.1) is 12.3 Å². The molecule has 1 aliphatic heterocycles. The van der Waals surface area contributed by atoms with E-state index in [9.17, 15) is 4.79 Å². The summed E-state index contributed by atoms with van der Waals surface area (Å²) < 4.78 is 5.32. The largest absolute Gasteiger partial charge is 0.469 e. The van der Waals surface area contributed by atoms with Crippen LogP contribution < -0.4 is 10.6 Å². The summed E-state index contributed by atoms with van der Waals surface area (Å²) in [4.78, 5) is 16.0. The molecule has 0 unspecified atom stereocenters. The van der Waals surface area contributed by atoms with E-state index in [4.69, 9.17) is 4.42 Å². The molecule has 1 aliphatic rings. The molecule has 3 heterocycles. The number of carbonyl (C=O) groups is 1. The van der Waals surface area contributed by atoms with E-state index in [0.717, 1.165) is 18.8 Å². The Bertz CT molecular complexity index is 606. The molecule has 1 fully saturated rings. The van der Waals surface area contributed by atoms with Crippen LogP contribution in [0.25, 0.3) is 0 Å². The predicted octanol–water partition coefficient (Wildman–Crippen LogP) is 3.41. The maximum absolute atomic E-state index is 12.2. The van der Waals surface area contributed by atoms with Crippen molar-refractivity contribution in [2.45, 2.75) is 38.3 Å². The summed E-state index contributed by atoms with van der Waals surface area (Å²) in [5, 5.41) is 8.13. The Morgan fingerprint density at radius 3 is 2.83 bits per heavy atom. The van der Waals surface area contributed by atoms with E-state index in [1.165, 1.54) is 17.7 Å². The molecule has 2 aromatic heterocycles. The average Bonchev–Trinajstić information content (AvgIpc) is 3.31. The minimum atomic E-state index is -0.116. The Balaban J connectivity index is 1.49. The fraction of sp³-hybridized carbons (Fsp3) is 0.500. The summed E-state index contributed by atoms with van der Waals surface area (Å²) in [5.41, 5.74) is 0. The number of hydrogen-bond donors (Lipinski definition) is 2. The van der Waals surface area contributed by atoms with Gasteiger partial charge in [-0.25, -0.2) is 4.79 Å². The second-order valence-electron chi connectivity index (χ2n) is 6.31. The molecule has 2 atom stereocenters. The number of thiophene rings is 1. The van der Waals surface area contributed by atoms with Gasteiger partial charge >= 0.3 is 6.03 Å². The summed E-state index contributed by atoms with van der Waals surface area (Å²) in [5.74, 6) is 0.885.